The zero-order chi connectivity index (χ0) is 14.9. The van der Waals surface area contributed by atoms with Crippen LogP contribution in [0.1, 0.15) is 51.8 Å². The summed E-state index contributed by atoms with van der Waals surface area (Å²) in [6.07, 6.45) is 4.71. The van der Waals surface area contributed by atoms with E-state index >= 15 is 0 Å². The molecule has 0 spiro atoms. The number of hydrogen-bond acceptors (Lipinski definition) is 3. The number of nitrogens with two attached hydrogens (primary N) is 1. The molecule has 1 fully saturated rings. The fraction of sp³-hybridized carbons (Fsp3) is 0.714. The van der Waals surface area contributed by atoms with Gasteiger partial charge in [0.25, 0.3) is 0 Å². The number of sulfonamides is 1. The standard InChI is InChI=1S/C14H25N3O2S/c1-11(2)16-10-14(8-13(16)9-15)20(18,19)17-7-5-4-6-12(17)3/h8,10-12H,4-7,9,15H2,1-3H3. The molecule has 0 aromatic carbocycles. The Morgan fingerprint density at radius 2 is 2.10 bits per heavy atom. The van der Waals surface area contributed by atoms with Crippen LogP contribution in [0.25, 0.3) is 0 Å². The third kappa shape index (κ3) is 2.77. The second-order valence-corrected chi connectivity index (χ2v) is 7.72. The van der Waals surface area contributed by atoms with E-state index in [1.54, 1.807) is 16.6 Å². The highest BCUT2D eigenvalue weighted by molar-refractivity contribution is 7.89. The normalized spacial score (nSPS) is 21.6. The van der Waals surface area contributed by atoms with E-state index in [0.717, 1.165) is 25.0 Å². The number of hydrogen-bond donors (Lipinski definition) is 1. The molecule has 20 heavy (non-hydrogen) atoms. The maximum Gasteiger partial charge on any atom is 0.244 e. The quantitative estimate of drug-likeness (QED) is 0.925. The van der Waals surface area contributed by atoms with Crippen LogP contribution in [-0.4, -0.2) is 29.9 Å². The fourth-order valence-electron chi connectivity index (χ4n) is 2.85. The van der Waals surface area contributed by atoms with Gasteiger partial charge >= 0.3 is 0 Å². The van der Waals surface area contributed by atoms with E-state index in [0.29, 0.717) is 18.0 Å². The van der Waals surface area contributed by atoms with Crippen LogP contribution in [0.3, 0.4) is 0 Å². The number of rotatable bonds is 4. The highest BCUT2D eigenvalue weighted by atomic mass is 32.2. The predicted molar refractivity (Wildman–Crippen MR) is 79.9 cm³/mol. The van der Waals surface area contributed by atoms with Gasteiger partial charge in [-0.05, 0) is 39.7 Å². The molecule has 114 valence electrons. The minimum absolute atomic E-state index is 0.0810. The molecular weight excluding hydrogens is 274 g/mol. The largest absolute Gasteiger partial charge is 0.346 e. The first-order valence-corrected chi connectivity index (χ1v) is 8.74. The molecule has 5 nitrogen and oxygen atoms in total. The van der Waals surface area contributed by atoms with Crippen molar-refractivity contribution in [2.24, 2.45) is 5.73 Å². The number of nitrogens with zero attached hydrogens (tertiary/aromatic N) is 2. The first-order valence-electron chi connectivity index (χ1n) is 7.30. The molecule has 6 heteroatoms. The van der Waals surface area contributed by atoms with Crippen molar-refractivity contribution in [2.75, 3.05) is 6.54 Å². The van der Waals surface area contributed by atoms with Gasteiger partial charge in [-0.3, -0.25) is 0 Å². The van der Waals surface area contributed by atoms with Gasteiger partial charge in [0.2, 0.25) is 10.0 Å². The molecule has 1 aromatic rings. The van der Waals surface area contributed by atoms with Crippen molar-refractivity contribution in [1.29, 1.82) is 0 Å². The van der Waals surface area contributed by atoms with E-state index in [-0.39, 0.29) is 12.1 Å². The van der Waals surface area contributed by atoms with Crippen molar-refractivity contribution in [3.05, 3.63) is 18.0 Å². The second-order valence-electron chi connectivity index (χ2n) is 5.83. The summed E-state index contributed by atoms with van der Waals surface area (Å²) >= 11 is 0. The molecule has 2 heterocycles. The summed E-state index contributed by atoms with van der Waals surface area (Å²) in [7, 11) is -3.40. The van der Waals surface area contributed by atoms with Crippen LogP contribution in [0, 0.1) is 0 Å². The summed E-state index contributed by atoms with van der Waals surface area (Å²) in [6, 6.07) is 2.00. The third-order valence-electron chi connectivity index (χ3n) is 4.02. The highest BCUT2D eigenvalue weighted by Gasteiger charge is 2.32. The molecule has 0 bridgehead atoms. The average molecular weight is 299 g/mol. The Hall–Kier alpha value is -0.850. The van der Waals surface area contributed by atoms with Crippen LogP contribution >= 0.6 is 0 Å². The van der Waals surface area contributed by atoms with Crippen molar-refractivity contribution in [3.63, 3.8) is 0 Å². The van der Waals surface area contributed by atoms with Crippen molar-refractivity contribution >= 4 is 10.0 Å². The van der Waals surface area contributed by atoms with Crippen LogP contribution in [0.5, 0.6) is 0 Å². The smallest absolute Gasteiger partial charge is 0.244 e. The van der Waals surface area contributed by atoms with Crippen molar-refractivity contribution in [1.82, 2.24) is 8.87 Å². The van der Waals surface area contributed by atoms with E-state index in [9.17, 15) is 8.42 Å². The monoisotopic (exact) mass is 299 g/mol. The lowest BCUT2D eigenvalue weighted by atomic mass is 10.1. The van der Waals surface area contributed by atoms with Gasteiger partial charge in [-0.25, -0.2) is 8.42 Å². The van der Waals surface area contributed by atoms with Crippen LogP contribution in [0.15, 0.2) is 17.2 Å². The lowest BCUT2D eigenvalue weighted by Gasteiger charge is -2.31. The average Bonchev–Trinajstić information content (AvgIpc) is 2.84. The second kappa shape index (κ2) is 5.87. The van der Waals surface area contributed by atoms with Crippen LogP contribution in [-0.2, 0) is 16.6 Å². The highest BCUT2D eigenvalue weighted by Crippen LogP contribution is 2.27. The molecule has 0 saturated carbocycles. The minimum atomic E-state index is -3.40. The summed E-state index contributed by atoms with van der Waals surface area (Å²) in [4.78, 5) is 0.375. The summed E-state index contributed by atoms with van der Waals surface area (Å²) < 4.78 is 29.1. The summed E-state index contributed by atoms with van der Waals surface area (Å²) in [6.45, 7) is 7.01. The summed E-state index contributed by atoms with van der Waals surface area (Å²) in [5.41, 5.74) is 6.59. The van der Waals surface area contributed by atoms with Crippen molar-refractivity contribution < 1.29 is 8.42 Å². The Morgan fingerprint density at radius 1 is 1.40 bits per heavy atom. The van der Waals surface area contributed by atoms with Crippen LogP contribution in [0.2, 0.25) is 0 Å². The van der Waals surface area contributed by atoms with Crippen LogP contribution < -0.4 is 5.73 Å². The van der Waals surface area contributed by atoms with E-state index < -0.39 is 10.0 Å². The Kier molecular flexibility index (Phi) is 4.56. The molecule has 1 aromatic heterocycles. The van der Waals surface area contributed by atoms with Gasteiger partial charge in [-0.2, -0.15) is 4.31 Å². The summed E-state index contributed by atoms with van der Waals surface area (Å²) in [5, 5.41) is 0. The summed E-state index contributed by atoms with van der Waals surface area (Å²) in [5.74, 6) is 0. The molecule has 2 N–H and O–H groups in total. The van der Waals surface area contributed by atoms with Gasteiger partial charge in [0.1, 0.15) is 4.90 Å². The topological polar surface area (TPSA) is 68.3 Å². The van der Waals surface area contributed by atoms with Crippen molar-refractivity contribution in [2.45, 2.75) is 63.6 Å². The fourth-order valence-corrected chi connectivity index (χ4v) is 4.60. The predicted octanol–water partition coefficient (Wildman–Crippen LogP) is 2.09. The first kappa shape index (κ1) is 15.5. The van der Waals surface area contributed by atoms with Gasteiger partial charge in [-0.15, -0.1) is 0 Å². The maximum absolute atomic E-state index is 12.8. The Morgan fingerprint density at radius 3 is 2.60 bits per heavy atom. The molecule has 1 aliphatic heterocycles. The molecular formula is C14H25N3O2S. The van der Waals surface area contributed by atoms with Crippen molar-refractivity contribution in [3.8, 4) is 0 Å². The molecule has 0 radical (unpaired) electrons. The lowest BCUT2D eigenvalue weighted by molar-refractivity contribution is 0.268. The van der Waals surface area contributed by atoms with E-state index in [2.05, 4.69) is 0 Å². The first-order chi connectivity index (χ1) is 9.37. The molecule has 0 amide bonds. The Bertz CT molecular complexity index is 563. The van der Waals surface area contributed by atoms with Gasteiger partial charge in [0, 0.05) is 37.1 Å². The molecule has 0 aliphatic carbocycles. The number of aromatic nitrogens is 1. The molecule has 1 aliphatic rings. The van der Waals surface area contributed by atoms with E-state index in [1.165, 1.54) is 0 Å². The van der Waals surface area contributed by atoms with E-state index in [1.807, 2.05) is 25.3 Å². The van der Waals surface area contributed by atoms with Gasteiger partial charge < -0.3 is 10.3 Å². The SMILES string of the molecule is CC1CCCCN1S(=O)(=O)c1cc(CN)n(C(C)C)c1. The zero-order valence-corrected chi connectivity index (χ0v) is 13.4. The minimum Gasteiger partial charge on any atom is -0.346 e. The molecule has 2 rings (SSSR count). The molecule has 1 saturated heterocycles. The van der Waals surface area contributed by atoms with E-state index in [4.69, 9.17) is 5.73 Å². The number of piperidine rings is 1. The van der Waals surface area contributed by atoms with Gasteiger partial charge in [0.15, 0.2) is 0 Å². The maximum atomic E-state index is 12.8. The Balaban J connectivity index is 2.39. The van der Waals surface area contributed by atoms with Crippen LogP contribution in [0.4, 0.5) is 0 Å². The molecule has 1 unspecified atom stereocenters. The lowest BCUT2D eigenvalue weighted by Crippen LogP contribution is -2.41. The molecule has 1 atom stereocenters. The van der Waals surface area contributed by atoms with Gasteiger partial charge in [0.05, 0.1) is 0 Å². The third-order valence-corrected chi connectivity index (χ3v) is 6.00. The zero-order valence-electron chi connectivity index (χ0n) is 12.5. The van der Waals surface area contributed by atoms with Gasteiger partial charge in [-0.1, -0.05) is 6.42 Å². The Labute approximate surface area is 121 Å².